The van der Waals surface area contributed by atoms with Crippen molar-refractivity contribution in [2.45, 2.75) is 19.3 Å². The average Bonchev–Trinajstić information content (AvgIpc) is 2.82. The Kier molecular flexibility index (Phi) is 6.24. The van der Waals surface area contributed by atoms with Gasteiger partial charge >= 0.3 is 0 Å². The number of aromatic nitrogens is 1. The molecule has 1 aliphatic heterocycles. The second-order valence-corrected chi connectivity index (χ2v) is 8.07. The first-order valence-corrected chi connectivity index (χ1v) is 10.7. The SMILES string of the molecule is COc1ccc2cc(C(CC(=O)N3CCOCC3)c3oc(C)cc(=O)c3O)c(=O)n(C)c2c1. The minimum absolute atomic E-state index is 0.0911. The Morgan fingerprint density at radius 1 is 1.18 bits per heavy atom. The van der Waals surface area contributed by atoms with Gasteiger partial charge in [0.15, 0.2) is 5.76 Å². The predicted molar refractivity (Wildman–Crippen MR) is 121 cm³/mol. The summed E-state index contributed by atoms with van der Waals surface area (Å²) in [6.07, 6.45) is -0.142. The van der Waals surface area contributed by atoms with Crippen molar-refractivity contribution in [3.8, 4) is 11.5 Å². The van der Waals surface area contributed by atoms with Crippen LogP contribution >= 0.6 is 0 Å². The van der Waals surface area contributed by atoms with Gasteiger partial charge in [-0.3, -0.25) is 14.4 Å². The van der Waals surface area contributed by atoms with Crippen molar-refractivity contribution in [2.24, 2.45) is 7.05 Å². The van der Waals surface area contributed by atoms with Crippen LogP contribution in [0.4, 0.5) is 0 Å². The van der Waals surface area contributed by atoms with E-state index in [1.54, 1.807) is 44.2 Å². The molecule has 2 aromatic heterocycles. The van der Waals surface area contributed by atoms with Crippen LogP contribution in [-0.4, -0.2) is 53.9 Å². The fraction of sp³-hybridized carbons (Fsp3) is 0.375. The maximum Gasteiger partial charge on any atom is 0.254 e. The molecule has 1 saturated heterocycles. The predicted octanol–water partition coefficient (Wildman–Crippen LogP) is 1.90. The third-order valence-electron chi connectivity index (χ3n) is 5.97. The summed E-state index contributed by atoms with van der Waals surface area (Å²) >= 11 is 0. The van der Waals surface area contributed by atoms with Crippen molar-refractivity contribution < 1.29 is 23.8 Å². The summed E-state index contributed by atoms with van der Waals surface area (Å²) < 4.78 is 17.8. The average molecular weight is 454 g/mol. The number of aryl methyl sites for hydroxylation is 2. The number of fused-ring (bicyclic) bond motifs is 1. The smallest absolute Gasteiger partial charge is 0.254 e. The molecule has 0 spiro atoms. The van der Waals surface area contributed by atoms with Gasteiger partial charge in [0.05, 0.1) is 31.8 Å². The fourth-order valence-electron chi connectivity index (χ4n) is 4.17. The van der Waals surface area contributed by atoms with E-state index in [1.807, 2.05) is 6.07 Å². The molecule has 9 nitrogen and oxygen atoms in total. The standard InChI is InChI=1S/C24H26N2O7/c1-14-10-20(27)22(29)23(33-14)17(13-21(28)26-6-8-32-9-7-26)18-11-15-4-5-16(31-3)12-19(15)25(2)24(18)30/h4-5,10-12,17,29H,6-9,13H2,1-3H3. The van der Waals surface area contributed by atoms with Gasteiger partial charge in [-0.2, -0.15) is 0 Å². The largest absolute Gasteiger partial charge is 0.502 e. The summed E-state index contributed by atoms with van der Waals surface area (Å²) in [5.74, 6) is -0.976. The summed E-state index contributed by atoms with van der Waals surface area (Å²) in [7, 11) is 3.17. The number of aromatic hydroxyl groups is 1. The number of benzene rings is 1. The minimum Gasteiger partial charge on any atom is -0.502 e. The lowest BCUT2D eigenvalue weighted by Gasteiger charge is -2.28. The third kappa shape index (κ3) is 4.36. The van der Waals surface area contributed by atoms with Crippen LogP contribution in [0, 0.1) is 6.92 Å². The van der Waals surface area contributed by atoms with Gasteiger partial charge in [0, 0.05) is 44.3 Å². The van der Waals surface area contributed by atoms with Gasteiger partial charge < -0.3 is 28.5 Å². The van der Waals surface area contributed by atoms with Crippen LogP contribution in [0.25, 0.3) is 10.9 Å². The van der Waals surface area contributed by atoms with E-state index in [0.29, 0.717) is 37.6 Å². The number of rotatable bonds is 5. The van der Waals surface area contributed by atoms with Crippen molar-refractivity contribution >= 4 is 16.8 Å². The monoisotopic (exact) mass is 454 g/mol. The van der Waals surface area contributed by atoms with E-state index in [0.717, 1.165) is 5.39 Å². The Hall–Kier alpha value is -3.59. The maximum absolute atomic E-state index is 13.4. The number of carbonyl (C=O) groups excluding carboxylic acids is 1. The molecule has 9 heteroatoms. The van der Waals surface area contributed by atoms with E-state index in [1.165, 1.54) is 10.6 Å². The number of nitrogens with zero attached hydrogens (tertiary/aromatic N) is 2. The first kappa shape index (κ1) is 22.6. The maximum atomic E-state index is 13.4. The van der Waals surface area contributed by atoms with E-state index in [9.17, 15) is 19.5 Å². The van der Waals surface area contributed by atoms with E-state index in [2.05, 4.69) is 0 Å². The van der Waals surface area contributed by atoms with Gasteiger partial charge in [0.25, 0.3) is 5.56 Å². The van der Waals surface area contributed by atoms with Crippen LogP contribution in [0.15, 0.2) is 44.3 Å². The summed E-state index contributed by atoms with van der Waals surface area (Å²) in [6.45, 7) is 3.31. The van der Waals surface area contributed by atoms with Gasteiger partial charge in [-0.25, -0.2) is 0 Å². The molecule has 0 aliphatic carbocycles. The van der Waals surface area contributed by atoms with Crippen LogP contribution in [0.3, 0.4) is 0 Å². The molecule has 0 bridgehead atoms. The minimum atomic E-state index is -0.946. The van der Waals surface area contributed by atoms with Gasteiger partial charge in [0.1, 0.15) is 11.5 Å². The summed E-state index contributed by atoms with van der Waals surface area (Å²) in [5, 5.41) is 11.3. The first-order valence-electron chi connectivity index (χ1n) is 10.7. The summed E-state index contributed by atoms with van der Waals surface area (Å²) in [6, 6.07) is 8.18. The van der Waals surface area contributed by atoms with Crippen LogP contribution in [-0.2, 0) is 16.6 Å². The molecule has 1 unspecified atom stereocenters. The van der Waals surface area contributed by atoms with Crippen molar-refractivity contribution in [3.63, 3.8) is 0 Å². The Bertz CT molecular complexity index is 1320. The number of hydrogen-bond donors (Lipinski definition) is 1. The van der Waals surface area contributed by atoms with Crippen LogP contribution in [0.5, 0.6) is 11.5 Å². The quantitative estimate of drug-likeness (QED) is 0.627. The molecule has 4 rings (SSSR count). The highest BCUT2D eigenvalue weighted by molar-refractivity contribution is 5.82. The number of ether oxygens (including phenoxy) is 2. The third-order valence-corrected chi connectivity index (χ3v) is 5.97. The number of amides is 1. The summed E-state index contributed by atoms with van der Waals surface area (Å²) in [5.41, 5.74) is -0.0869. The lowest BCUT2D eigenvalue weighted by atomic mass is 9.91. The highest BCUT2D eigenvalue weighted by atomic mass is 16.5. The number of hydrogen-bond acceptors (Lipinski definition) is 7. The van der Waals surface area contributed by atoms with Crippen LogP contribution in [0.1, 0.15) is 29.4 Å². The van der Waals surface area contributed by atoms with E-state index >= 15 is 0 Å². The molecule has 1 aromatic carbocycles. The summed E-state index contributed by atoms with van der Waals surface area (Å²) in [4.78, 5) is 40.5. The molecule has 0 radical (unpaired) electrons. The van der Waals surface area contributed by atoms with E-state index < -0.39 is 17.1 Å². The Morgan fingerprint density at radius 2 is 1.91 bits per heavy atom. The number of methoxy groups -OCH3 is 1. The van der Waals surface area contributed by atoms with Gasteiger partial charge in [-0.1, -0.05) is 0 Å². The molecule has 1 atom stereocenters. The molecule has 1 amide bonds. The van der Waals surface area contributed by atoms with Crippen LogP contribution in [0.2, 0.25) is 0 Å². The van der Waals surface area contributed by atoms with E-state index in [-0.39, 0.29) is 35.0 Å². The molecule has 3 heterocycles. The Balaban J connectivity index is 1.88. The number of pyridine rings is 1. The van der Waals surface area contributed by atoms with Gasteiger partial charge in [-0.05, 0) is 30.5 Å². The normalized spacial score (nSPS) is 14.9. The highest BCUT2D eigenvalue weighted by Gasteiger charge is 2.31. The van der Waals surface area contributed by atoms with Crippen molar-refractivity contribution in [1.29, 1.82) is 0 Å². The highest BCUT2D eigenvalue weighted by Crippen LogP contribution is 2.33. The lowest BCUT2D eigenvalue weighted by Crippen LogP contribution is -2.41. The van der Waals surface area contributed by atoms with Gasteiger partial charge in [-0.15, -0.1) is 0 Å². The van der Waals surface area contributed by atoms with Gasteiger partial charge in [0.2, 0.25) is 17.1 Å². The zero-order chi connectivity index (χ0) is 23.7. The molecule has 1 aliphatic rings. The second-order valence-electron chi connectivity index (χ2n) is 8.07. The van der Waals surface area contributed by atoms with Crippen molar-refractivity contribution in [2.75, 3.05) is 33.4 Å². The Labute approximate surface area is 189 Å². The molecule has 3 aromatic rings. The Morgan fingerprint density at radius 3 is 2.61 bits per heavy atom. The fourth-order valence-corrected chi connectivity index (χ4v) is 4.17. The van der Waals surface area contributed by atoms with Crippen molar-refractivity contribution in [1.82, 2.24) is 9.47 Å². The zero-order valence-corrected chi connectivity index (χ0v) is 18.8. The molecule has 0 saturated carbocycles. The second kappa shape index (κ2) is 9.11. The molecule has 1 fully saturated rings. The first-order chi connectivity index (χ1) is 15.8. The molecular weight excluding hydrogens is 428 g/mol. The lowest BCUT2D eigenvalue weighted by molar-refractivity contribution is -0.135. The van der Waals surface area contributed by atoms with Crippen molar-refractivity contribution in [3.05, 3.63) is 68.0 Å². The van der Waals surface area contributed by atoms with Crippen LogP contribution < -0.4 is 15.7 Å². The topological polar surface area (TPSA) is 111 Å². The molecular formula is C24H26N2O7. The molecule has 174 valence electrons. The number of morpholine rings is 1. The molecule has 33 heavy (non-hydrogen) atoms. The number of carbonyl (C=O) groups is 1. The molecule has 1 N–H and O–H groups in total. The zero-order valence-electron chi connectivity index (χ0n) is 18.8. The van der Waals surface area contributed by atoms with E-state index in [4.69, 9.17) is 13.9 Å².